The van der Waals surface area contributed by atoms with Crippen molar-refractivity contribution in [3.05, 3.63) is 0 Å². The molecule has 0 spiro atoms. The van der Waals surface area contributed by atoms with Crippen molar-refractivity contribution in [1.29, 1.82) is 0 Å². The summed E-state index contributed by atoms with van der Waals surface area (Å²) in [6.45, 7) is 7.42. The Hall–Kier alpha value is -0.610. The maximum atomic E-state index is 12.3. The summed E-state index contributed by atoms with van der Waals surface area (Å²) in [5, 5.41) is 13.0. The van der Waals surface area contributed by atoms with E-state index in [0.717, 1.165) is 32.1 Å². The number of aliphatic hydroxyl groups is 1. The van der Waals surface area contributed by atoms with Gasteiger partial charge in [-0.15, -0.1) is 0 Å². The van der Waals surface area contributed by atoms with Crippen molar-refractivity contribution in [1.82, 2.24) is 5.32 Å². The van der Waals surface area contributed by atoms with Crippen LogP contribution in [0.1, 0.15) is 59.8 Å². The molecule has 1 amide bonds. The van der Waals surface area contributed by atoms with Gasteiger partial charge in [0, 0.05) is 5.54 Å². The lowest BCUT2D eigenvalue weighted by molar-refractivity contribution is -0.134. The van der Waals surface area contributed by atoms with Crippen LogP contribution in [-0.2, 0) is 4.79 Å². The van der Waals surface area contributed by atoms with Gasteiger partial charge in [-0.25, -0.2) is 0 Å². The first-order valence-corrected chi connectivity index (χ1v) is 6.94. The molecule has 4 N–H and O–H groups in total. The van der Waals surface area contributed by atoms with E-state index in [1.54, 1.807) is 0 Å². The molecule has 4 nitrogen and oxygen atoms in total. The molecule has 0 saturated heterocycles. The van der Waals surface area contributed by atoms with Gasteiger partial charge < -0.3 is 16.2 Å². The summed E-state index contributed by atoms with van der Waals surface area (Å²) in [7, 11) is 0. The molecule has 1 saturated carbocycles. The fraction of sp³-hybridized carbons (Fsp3) is 0.929. The van der Waals surface area contributed by atoms with Crippen LogP contribution in [0.4, 0.5) is 0 Å². The van der Waals surface area contributed by atoms with Gasteiger partial charge >= 0.3 is 0 Å². The Morgan fingerprint density at radius 2 is 1.72 bits per heavy atom. The second kappa shape index (κ2) is 5.57. The van der Waals surface area contributed by atoms with E-state index in [0.29, 0.717) is 0 Å². The van der Waals surface area contributed by atoms with E-state index in [1.165, 1.54) is 0 Å². The van der Waals surface area contributed by atoms with Gasteiger partial charge in [0.15, 0.2) is 0 Å². The molecule has 1 aliphatic carbocycles. The van der Waals surface area contributed by atoms with Crippen LogP contribution in [0.2, 0.25) is 0 Å². The average molecular weight is 256 g/mol. The zero-order chi connectivity index (χ0) is 14.0. The number of amides is 1. The fourth-order valence-electron chi connectivity index (χ4n) is 2.10. The molecule has 2 unspecified atom stereocenters. The Labute approximate surface area is 110 Å². The first-order chi connectivity index (χ1) is 8.16. The average Bonchev–Trinajstić information content (AvgIpc) is 2.42. The highest BCUT2D eigenvalue weighted by Gasteiger charge is 2.41. The molecule has 2 atom stereocenters. The van der Waals surface area contributed by atoms with E-state index >= 15 is 0 Å². The molecule has 1 aliphatic rings. The number of hydrogen-bond acceptors (Lipinski definition) is 3. The van der Waals surface area contributed by atoms with Gasteiger partial charge in [-0.2, -0.15) is 0 Å². The van der Waals surface area contributed by atoms with E-state index in [1.807, 2.05) is 27.7 Å². The lowest BCUT2D eigenvalue weighted by atomic mass is 9.74. The predicted molar refractivity (Wildman–Crippen MR) is 73.1 cm³/mol. The third-order valence-electron chi connectivity index (χ3n) is 4.47. The van der Waals surface area contributed by atoms with Gasteiger partial charge in [0.05, 0.1) is 17.6 Å². The van der Waals surface area contributed by atoms with Crippen LogP contribution >= 0.6 is 0 Å². The Balaban J connectivity index is 2.68. The summed E-state index contributed by atoms with van der Waals surface area (Å²) in [4.78, 5) is 12.3. The van der Waals surface area contributed by atoms with Crippen LogP contribution in [-0.4, -0.2) is 28.7 Å². The Morgan fingerprint density at radius 1 is 1.17 bits per heavy atom. The van der Waals surface area contributed by atoms with Crippen molar-refractivity contribution in [2.24, 2.45) is 11.1 Å². The van der Waals surface area contributed by atoms with E-state index in [-0.39, 0.29) is 11.9 Å². The van der Waals surface area contributed by atoms with Crippen LogP contribution in [0.15, 0.2) is 0 Å². The van der Waals surface area contributed by atoms with E-state index in [4.69, 9.17) is 5.73 Å². The standard InChI is InChI=1S/C14H28N2O2/c1-13(2,14(3,4)15)12(18)16-10-8-6-5-7-9-11(10)17/h10-11,17H,5-9,15H2,1-4H3,(H,16,18). The second-order valence-corrected chi connectivity index (χ2v) is 6.63. The summed E-state index contributed by atoms with van der Waals surface area (Å²) in [5.74, 6) is -0.0686. The van der Waals surface area contributed by atoms with Crippen LogP contribution in [0, 0.1) is 5.41 Å². The van der Waals surface area contributed by atoms with Crippen LogP contribution in [0.5, 0.6) is 0 Å². The van der Waals surface area contributed by atoms with Crippen LogP contribution in [0.3, 0.4) is 0 Å². The fourth-order valence-corrected chi connectivity index (χ4v) is 2.10. The highest BCUT2D eigenvalue weighted by Crippen LogP contribution is 2.29. The number of rotatable bonds is 3. The molecule has 1 rings (SSSR count). The molecule has 0 radical (unpaired) electrons. The zero-order valence-corrected chi connectivity index (χ0v) is 12.1. The number of hydrogen-bond donors (Lipinski definition) is 3. The minimum absolute atomic E-state index is 0.0686. The molecule has 0 aromatic carbocycles. The van der Waals surface area contributed by atoms with Gasteiger partial charge in [-0.3, -0.25) is 4.79 Å². The lowest BCUT2D eigenvalue weighted by Crippen LogP contribution is -2.58. The molecular formula is C14H28N2O2. The highest BCUT2D eigenvalue weighted by molar-refractivity contribution is 5.83. The highest BCUT2D eigenvalue weighted by atomic mass is 16.3. The second-order valence-electron chi connectivity index (χ2n) is 6.63. The topological polar surface area (TPSA) is 75.4 Å². The molecule has 4 heteroatoms. The lowest BCUT2D eigenvalue weighted by Gasteiger charge is -2.38. The molecule has 0 bridgehead atoms. The molecule has 0 aromatic rings. The normalized spacial score (nSPS) is 26.6. The van der Waals surface area contributed by atoms with Crippen molar-refractivity contribution in [2.45, 2.75) is 77.5 Å². The number of carbonyl (C=O) groups excluding carboxylic acids is 1. The molecule has 0 heterocycles. The molecular weight excluding hydrogens is 228 g/mol. The van der Waals surface area contributed by atoms with Gasteiger partial charge in [-0.05, 0) is 40.5 Å². The maximum absolute atomic E-state index is 12.3. The third kappa shape index (κ3) is 3.45. The van der Waals surface area contributed by atoms with Crippen LogP contribution < -0.4 is 11.1 Å². The molecule has 106 valence electrons. The van der Waals surface area contributed by atoms with E-state index in [2.05, 4.69) is 5.32 Å². The molecule has 1 fully saturated rings. The maximum Gasteiger partial charge on any atom is 0.227 e. The van der Waals surface area contributed by atoms with Gasteiger partial charge in [0.1, 0.15) is 0 Å². The summed E-state index contributed by atoms with van der Waals surface area (Å²) >= 11 is 0. The van der Waals surface area contributed by atoms with Crippen molar-refractivity contribution in [3.8, 4) is 0 Å². The molecule has 0 aliphatic heterocycles. The Kier molecular flexibility index (Phi) is 4.78. The summed E-state index contributed by atoms with van der Waals surface area (Å²) in [6.07, 6.45) is 4.45. The monoisotopic (exact) mass is 256 g/mol. The van der Waals surface area contributed by atoms with Crippen LogP contribution in [0.25, 0.3) is 0 Å². The third-order valence-corrected chi connectivity index (χ3v) is 4.47. The largest absolute Gasteiger partial charge is 0.391 e. The van der Waals surface area contributed by atoms with Gasteiger partial charge in [0.2, 0.25) is 5.91 Å². The zero-order valence-electron chi connectivity index (χ0n) is 12.1. The van der Waals surface area contributed by atoms with Crippen molar-refractivity contribution < 1.29 is 9.90 Å². The first-order valence-electron chi connectivity index (χ1n) is 6.94. The minimum atomic E-state index is -0.654. The van der Waals surface area contributed by atoms with E-state index < -0.39 is 17.1 Å². The number of nitrogens with one attached hydrogen (secondary N) is 1. The Bertz CT molecular complexity index is 295. The summed E-state index contributed by atoms with van der Waals surface area (Å²) in [5.41, 5.74) is 4.82. The van der Waals surface area contributed by atoms with Crippen molar-refractivity contribution in [3.63, 3.8) is 0 Å². The molecule has 18 heavy (non-hydrogen) atoms. The molecule has 0 aromatic heterocycles. The number of nitrogens with two attached hydrogens (primary N) is 1. The van der Waals surface area contributed by atoms with Crippen molar-refractivity contribution >= 4 is 5.91 Å². The van der Waals surface area contributed by atoms with Crippen molar-refractivity contribution in [2.75, 3.05) is 0 Å². The minimum Gasteiger partial charge on any atom is -0.391 e. The smallest absolute Gasteiger partial charge is 0.227 e. The number of aliphatic hydroxyl groups excluding tert-OH is 1. The summed E-state index contributed by atoms with van der Waals surface area (Å²) < 4.78 is 0. The number of carbonyl (C=O) groups is 1. The predicted octanol–water partition coefficient (Wildman–Crippen LogP) is 1.56. The van der Waals surface area contributed by atoms with Gasteiger partial charge in [-0.1, -0.05) is 19.3 Å². The first kappa shape index (κ1) is 15.4. The quantitative estimate of drug-likeness (QED) is 0.671. The SMILES string of the molecule is CC(C)(N)C(C)(C)C(=O)NC1CCCCCC1O. The summed E-state index contributed by atoms with van der Waals surface area (Å²) in [6, 6.07) is -0.123. The Morgan fingerprint density at radius 3 is 2.28 bits per heavy atom. The van der Waals surface area contributed by atoms with E-state index in [9.17, 15) is 9.90 Å². The van der Waals surface area contributed by atoms with Gasteiger partial charge in [0.25, 0.3) is 0 Å².